The molecule has 1 aromatic heterocycles. The van der Waals surface area contributed by atoms with Crippen LogP contribution in [0.2, 0.25) is 10.0 Å². The van der Waals surface area contributed by atoms with Gasteiger partial charge in [0.25, 0.3) is 0 Å². The van der Waals surface area contributed by atoms with E-state index in [1.165, 1.54) is 54.5 Å². The third kappa shape index (κ3) is 4.60. The van der Waals surface area contributed by atoms with Gasteiger partial charge < -0.3 is 9.30 Å². The van der Waals surface area contributed by atoms with Crippen LogP contribution in [0, 0.1) is 0 Å². The topological polar surface area (TPSA) is 17.4 Å². The highest BCUT2D eigenvalue weighted by Gasteiger charge is 2.19. The Bertz CT molecular complexity index is 928. The van der Waals surface area contributed by atoms with Crippen LogP contribution in [0.1, 0.15) is 30.5 Å². The molecule has 2 heterocycles. The number of benzene rings is 2. The van der Waals surface area contributed by atoms with Crippen molar-refractivity contribution in [1.82, 2.24) is 9.47 Å². The van der Waals surface area contributed by atoms with Gasteiger partial charge in [0.05, 0.1) is 5.69 Å². The molecule has 1 aliphatic rings. The van der Waals surface area contributed by atoms with Crippen LogP contribution in [-0.4, -0.2) is 22.6 Å². The molecule has 1 saturated heterocycles. The lowest BCUT2D eigenvalue weighted by atomic mass is 10.1. The fraction of sp³-hybridized carbons (Fsp3) is 0.364. The van der Waals surface area contributed by atoms with Crippen LogP contribution in [0.25, 0.3) is 10.9 Å². The number of hydrogen-bond donors (Lipinski definition) is 0. The zero-order chi connectivity index (χ0) is 18.8. The summed E-state index contributed by atoms with van der Waals surface area (Å²) in [6.07, 6.45) is 3.92. The van der Waals surface area contributed by atoms with Crippen molar-refractivity contribution < 1.29 is 4.74 Å². The summed E-state index contributed by atoms with van der Waals surface area (Å²) in [6, 6.07) is 13.9. The number of fused-ring (bicyclic) bond motifs is 1. The third-order valence-electron chi connectivity index (χ3n) is 5.39. The number of ether oxygens (including phenoxy) is 1. The van der Waals surface area contributed by atoms with Crippen LogP contribution in [0.4, 0.5) is 0 Å². The monoisotopic (exact) mass is 438 g/mol. The van der Waals surface area contributed by atoms with Gasteiger partial charge in [0, 0.05) is 34.5 Å². The first kappa shape index (κ1) is 21.3. The van der Waals surface area contributed by atoms with Crippen molar-refractivity contribution in [2.45, 2.75) is 32.4 Å². The van der Waals surface area contributed by atoms with E-state index in [1.807, 2.05) is 0 Å². The number of likely N-dealkylation sites (tertiary alicyclic amines) is 1. The summed E-state index contributed by atoms with van der Waals surface area (Å²) in [5.41, 5.74) is 3.81. The molecule has 3 aromatic rings. The quantitative estimate of drug-likeness (QED) is 0.453. The van der Waals surface area contributed by atoms with E-state index >= 15 is 0 Å². The second-order valence-corrected chi connectivity index (χ2v) is 8.10. The molecule has 1 aliphatic heterocycles. The molecule has 6 heteroatoms. The largest absolute Gasteiger partial charge is 0.487 e. The van der Waals surface area contributed by atoms with Gasteiger partial charge in [0.1, 0.15) is 12.4 Å². The number of hydrogen-bond acceptors (Lipinski definition) is 2. The molecule has 4 rings (SSSR count). The molecule has 0 spiro atoms. The van der Waals surface area contributed by atoms with E-state index in [-0.39, 0.29) is 12.4 Å². The second kappa shape index (κ2) is 9.41. The zero-order valence-corrected chi connectivity index (χ0v) is 18.3. The van der Waals surface area contributed by atoms with E-state index in [9.17, 15) is 0 Å². The average molecular weight is 440 g/mol. The smallest absolute Gasteiger partial charge is 0.129 e. The summed E-state index contributed by atoms with van der Waals surface area (Å²) in [7, 11) is 2.12. The molecule has 150 valence electrons. The SMILES string of the molecule is Cl.Cn1c(COc2cc(Cl)cc(Cl)c2)c(CN2CCCCC2)c2ccccc21. The van der Waals surface area contributed by atoms with Crippen LogP contribution in [0.5, 0.6) is 5.75 Å². The summed E-state index contributed by atoms with van der Waals surface area (Å²) in [6.45, 7) is 3.81. The summed E-state index contributed by atoms with van der Waals surface area (Å²) in [4.78, 5) is 2.56. The third-order valence-corrected chi connectivity index (χ3v) is 5.82. The van der Waals surface area contributed by atoms with Gasteiger partial charge in [-0.1, -0.05) is 47.8 Å². The molecule has 3 nitrogen and oxygen atoms in total. The van der Waals surface area contributed by atoms with E-state index in [0.29, 0.717) is 22.4 Å². The van der Waals surface area contributed by atoms with Crippen LogP contribution < -0.4 is 4.74 Å². The second-order valence-electron chi connectivity index (χ2n) is 7.23. The van der Waals surface area contributed by atoms with Gasteiger partial charge in [0.2, 0.25) is 0 Å². The lowest BCUT2D eigenvalue weighted by molar-refractivity contribution is 0.218. The maximum atomic E-state index is 6.11. The Balaban J connectivity index is 0.00000225. The average Bonchev–Trinajstić information content (AvgIpc) is 2.92. The lowest BCUT2D eigenvalue weighted by Gasteiger charge is -2.26. The maximum Gasteiger partial charge on any atom is 0.129 e. The number of nitrogens with zero attached hydrogens (tertiary/aromatic N) is 2. The molecule has 1 fully saturated rings. The molecular weight excluding hydrogens is 415 g/mol. The number of para-hydroxylation sites is 1. The van der Waals surface area contributed by atoms with Gasteiger partial charge in [-0.3, -0.25) is 4.90 Å². The first-order chi connectivity index (χ1) is 13.1. The predicted octanol–water partition coefficient (Wildman–Crippen LogP) is 6.47. The molecule has 0 unspecified atom stereocenters. The molecule has 0 saturated carbocycles. The Morgan fingerprint density at radius 3 is 2.36 bits per heavy atom. The normalized spacial score (nSPS) is 14.8. The van der Waals surface area contributed by atoms with Crippen LogP contribution >= 0.6 is 35.6 Å². The molecule has 28 heavy (non-hydrogen) atoms. The zero-order valence-electron chi connectivity index (χ0n) is 16.0. The van der Waals surface area contributed by atoms with Gasteiger partial charge in [-0.05, 0) is 55.8 Å². The highest BCUT2D eigenvalue weighted by Crippen LogP contribution is 2.30. The number of aryl methyl sites for hydroxylation is 1. The highest BCUT2D eigenvalue weighted by atomic mass is 35.5. The Kier molecular flexibility index (Phi) is 7.16. The van der Waals surface area contributed by atoms with Crippen molar-refractivity contribution >= 4 is 46.5 Å². The minimum absolute atomic E-state index is 0. The molecular formula is C22H25Cl3N2O. The van der Waals surface area contributed by atoms with Crippen molar-refractivity contribution in [2.75, 3.05) is 13.1 Å². The summed E-state index contributed by atoms with van der Waals surface area (Å²) >= 11 is 12.2. The first-order valence-electron chi connectivity index (χ1n) is 9.48. The van der Waals surface area contributed by atoms with Crippen LogP contribution in [0.3, 0.4) is 0 Å². The predicted molar refractivity (Wildman–Crippen MR) is 120 cm³/mol. The number of piperidine rings is 1. The maximum absolute atomic E-state index is 6.11. The van der Waals surface area contributed by atoms with Crippen molar-refractivity contribution in [2.24, 2.45) is 7.05 Å². The molecule has 0 aliphatic carbocycles. The fourth-order valence-corrected chi connectivity index (χ4v) is 4.50. The molecule has 0 radical (unpaired) electrons. The molecule has 2 aromatic carbocycles. The first-order valence-corrected chi connectivity index (χ1v) is 10.2. The molecule has 0 bridgehead atoms. The van der Waals surface area contributed by atoms with E-state index in [0.717, 1.165) is 6.54 Å². The van der Waals surface area contributed by atoms with Crippen molar-refractivity contribution in [3.63, 3.8) is 0 Å². The van der Waals surface area contributed by atoms with Gasteiger partial charge in [0.15, 0.2) is 0 Å². The Labute approximate surface area is 182 Å². The van der Waals surface area contributed by atoms with Crippen LogP contribution in [-0.2, 0) is 20.2 Å². The number of halogens is 3. The Morgan fingerprint density at radius 1 is 0.964 bits per heavy atom. The number of rotatable bonds is 5. The molecule has 0 N–H and O–H groups in total. The summed E-state index contributed by atoms with van der Waals surface area (Å²) < 4.78 is 8.34. The van der Waals surface area contributed by atoms with Gasteiger partial charge in [-0.15, -0.1) is 12.4 Å². The molecule has 0 atom stereocenters. The standard InChI is InChI=1S/C22H24Cl2N2O.ClH/c1-25-21-8-4-3-7-19(21)20(14-26-9-5-2-6-10-26)22(25)15-27-18-12-16(23)11-17(24)13-18;/h3-4,7-8,11-13H,2,5-6,9-10,14-15H2,1H3;1H. The lowest BCUT2D eigenvalue weighted by Crippen LogP contribution is -2.29. The van der Waals surface area contributed by atoms with Gasteiger partial charge >= 0.3 is 0 Å². The van der Waals surface area contributed by atoms with E-state index in [1.54, 1.807) is 18.2 Å². The van der Waals surface area contributed by atoms with Gasteiger partial charge in [-0.2, -0.15) is 0 Å². The van der Waals surface area contributed by atoms with E-state index < -0.39 is 0 Å². The Morgan fingerprint density at radius 2 is 1.64 bits per heavy atom. The minimum atomic E-state index is 0. The minimum Gasteiger partial charge on any atom is -0.487 e. The highest BCUT2D eigenvalue weighted by molar-refractivity contribution is 6.34. The Hall–Kier alpha value is -1.39. The molecule has 0 amide bonds. The van der Waals surface area contributed by atoms with Crippen molar-refractivity contribution in [3.8, 4) is 5.75 Å². The van der Waals surface area contributed by atoms with Crippen LogP contribution in [0.15, 0.2) is 42.5 Å². The fourth-order valence-electron chi connectivity index (χ4n) is 3.99. The summed E-state index contributed by atoms with van der Waals surface area (Å²) in [5.74, 6) is 0.696. The van der Waals surface area contributed by atoms with Crippen molar-refractivity contribution in [3.05, 3.63) is 63.8 Å². The van der Waals surface area contributed by atoms with Gasteiger partial charge in [-0.25, -0.2) is 0 Å². The van der Waals surface area contributed by atoms with E-state index in [2.05, 4.69) is 40.8 Å². The number of aromatic nitrogens is 1. The van der Waals surface area contributed by atoms with E-state index in [4.69, 9.17) is 27.9 Å². The van der Waals surface area contributed by atoms with Crippen molar-refractivity contribution in [1.29, 1.82) is 0 Å². The summed E-state index contributed by atoms with van der Waals surface area (Å²) in [5, 5.41) is 2.49.